The number of carbonyl (C=O) groups excluding carboxylic acids is 2. The Morgan fingerprint density at radius 1 is 1.53 bits per heavy atom. The lowest BCUT2D eigenvalue weighted by atomic mass is 10.2. The first-order valence-corrected chi connectivity index (χ1v) is 5.62. The number of amides is 1. The lowest BCUT2D eigenvalue weighted by molar-refractivity contribution is -0.142. The second kappa shape index (κ2) is 6.69. The average Bonchev–Trinajstić information content (AvgIpc) is 2.43. The summed E-state index contributed by atoms with van der Waals surface area (Å²) in [6.07, 6.45) is 1.45. The molecule has 0 fully saturated rings. The van der Waals surface area contributed by atoms with Gasteiger partial charge in [0.05, 0.1) is 13.7 Å². The van der Waals surface area contributed by atoms with Gasteiger partial charge in [0.1, 0.15) is 11.7 Å². The van der Waals surface area contributed by atoms with Crippen molar-refractivity contribution in [2.75, 3.05) is 33.1 Å². The van der Waals surface area contributed by atoms with E-state index in [0.29, 0.717) is 5.69 Å². The van der Waals surface area contributed by atoms with Crippen LogP contribution >= 0.6 is 0 Å². The number of anilines is 1. The Labute approximate surface area is 111 Å². The van der Waals surface area contributed by atoms with E-state index in [9.17, 15) is 9.59 Å². The zero-order chi connectivity index (χ0) is 14.4. The van der Waals surface area contributed by atoms with Crippen LogP contribution in [0.25, 0.3) is 0 Å². The standard InChI is InChI=1S/C12H17N3O4/c1-15(2)11(17)9-6-8(4-5-13-9)14-10(7-16)12(18)19-3/h4-6,10,16H,7H2,1-3H3,(H,13,14). The number of hydrogen-bond donors (Lipinski definition) is 2. The maximum absolute atomic E-state index is 11.7. The molecule has 7 heteroatoms. The smallest absolute Gasteiger partial charge is 0.330 e. The first-order chi connectivity index (χ1) is 8.99. The third kappa shape index (κ3) is 3.92. The van der Waals surface area contributed by atoms with E-state index in [1.807, 2.05) is 0 Å². The summed E-state index contributed by atoms with van der Waals surface area (Å²) in [4.78, 5) is 28.4. The maximum atomic E-state index is 11.7. The molecule has 1 aromatic heterocycles. The zero-order valence-electron chi connectivity index (χ0n) is 11.1. The van der Waals surface area contributed by atoms with Crippen molar-refractivity contribution in [3.05, 3.63) is 24.0 Å². The molecule has 0 spiro atoms. The fraction of sp³-hybridized carbons (Fsp3) is 0.417. The Morgan fingerprint density at radius 3 is 2.74 bits per heavy atom. The third-order valence-electron chi connectivity index (χ3n) is 2.39. The van der Waals surface area contributed by atoms with Crippen molar-refractivity contribution < 1.29 is 19.4 Å². The van der Waals surface area contributed by atoms with Crippen molar-refractivity contribution in [1.29, 1.82) is 0 Å². The van der Waals surface area contributed by atoms with E-state index in [0.717, 1.165) is 0 Å². The number of aliphatic hydroxyl groups excluding tert-OH is 1. The second-order valence-electron chi connectivity index (χ2n) is 4.03. The number of aromatic nitrogens is 1. The van der Waals surface area contributed by atoms with Crippen LogP contribution in [0.2, 0.25) is 0 Å². The van der Waals surface area contributed by atoms with Crippen molar-refractivity contribution in [3.63, 3.8) is 0 Å². The molecule has 19 heavy (non-hydrogen) atoms. The third-order valence-corrected chi connectivity index (χ3v) is 2.39. The highest BCUT2D eigenvalue weighted by Crippen LogP contribution is 2.11. The molecule has 1 aromatic rings. The van der Waals surface area contributed by atoms with Gasteiger partial charge in [-0.25, -0.2) is 4.79 Å². The minimum absolute atomic E-state index is 0.247. The molecule has 0 bridgehead atoms. The Balaban J connectivity index is 2.87. The van der Waals surface area contributed by atoms with Crippen molar-refractivity contribution in [2.45, 2.75) is 6.04 Å². The summed E-state index contributed by atoms with van der Waals surface area (Å²) in [5, 5.41) is 11.9. The molecule has 1 rings (SSSR count). The van der Waals surface area contributed by atoms with Gasteiger partial charge < -0.3 is 20.1 Å². The number of esters is 1. The molecule has 1 unspecified atom stereocenters. The van der Waals surface area contributed by atoms with Crippen LogP contribution < -0.4 is 5.32 Å². The summed E-state index contributed by atoms with van der Waals surface area (Å²) in [7, 11) is 4.48. The topological polar surface area (TPSA) is 91.8 Å². The second-order valence-corrected chi connectivity index (χ2v) is 4.03. The first-order valence-electron chi connectivity index (χ1n) is 5.62. The predicted molar refractivity (Wildman–Crippen MR) is 68.8 cm³/mol. The molecule has 0 saturated heterocycles. The number of methoxy groups -OCH3 is 1. The van der Waals surface area contributed by atoms with Crippen LogP contribution in [-0.2, 0) is 9.53 Å². The number of rotatable bonds is 5. The number of ether oxygens (including phenoxy) is 1. The van der Waals surface area contributed by atoms with E-state index in [2.05, 4.69) is 15.0 Å². The Hall–Kier alpha value is -2.15. The van der Waals surface area contributed by atoms with Gasteiger partial charge in [0.2, 0.25) is 0 Å². The van der Waals surface area contributed by atoms with Gasteiger partial charge in [-0.2, -0.15) is 0 Å². The van der Waals surface area contributed by atoms with Gasteiger partial charge in [0, 0.05) is 26.0 Å². The van der Waals surface area contributed by atoms with Crippen LogP contribution in [0.3, 0.4) is 0 Å². The summed E-state index contributed by atoms with van der Waals surface area (Å²) >= 11 is 0. The number of aliphatic hydroxyl groups is 1. The van der Waals surface area contributed by atoms with Crippen molar-refractivity contribution >= 4 is 17.6 Å². The van der Waals surface area contributed by atoms with Crippen LogP contribution in [0.5, 0.6) is 0 Å². The van der Waals surface area contributed by atoms with Gasteiger partial charge >= 0.3 is 5.97 Å². The number of carbonyl (C=O) groups is 2. The normalized spacial score (nSPS) is 11.6. The van der Waals surface area contributed by atoms with Crippen LogP contribution in [-0.4, -0.2) is 60.7 Å². The van der Waals surface area contributed by atoms with Gasteiger partial charge in [-0.1, -0.05) is 0 Å². The minimum atomic E-state index is -0.880. The molecule has 1 amide bonds. The molecule has 0 aliphatic heterocycles. The van der Waals surface area contributed by atoms with Gasteiger partial charge in [-0.15, -0.1) is 0 Å². The van der Waals surface area contributed by atoms with Crippen LogP contribution in [0.1, 0.15) is 10.5 Å². The molecule has 1 heterocycles. The highest BCUT2D eigenvalue weighted by molar-refractivity contribution is 5.93. The van der Waals surface area contributed by atoms with Crippen molar-refractivity contribution in [3.8, 4) is 0 Å². The highest BCUT2D eigenvalue weighted by Gasteiger charge is 2.18. The Kier molecular flexibility index (Phi) is 5.25. The van der Waals surface area contributed by atoms with Crippen LogP contribution in [0.4, 0.5) is 5.69 Å². The van der Waals surface area contributed by atoms with Crippen molar-refractivity contribution in [1.82, 2.24) is 9.88 Å². The Bertz CT molecular complexity index is 462. The van der Waals surface area contributed by atoms with E-state index in [4.69, 9.17) is 5.11 Å². The summed E-state index contributed by atoms with van der Waals surface area (Å²) < 4.78 is 4.54. The largest absolute Gasteiger partial charge is 0.467 e. The number of nitrogens with zero attached hydrogens (tertiary/aromatic N) is 2. The summed E-state index contributed by atoms with van der Waals surface area (Å²) in [5.41, 5.74) is 0.751. The quantitative estimate of drug-likeness (QED) is 0.713. The number of nitrogens with one attached hydrogen (secondary N) is 1. The summed E-state index contributed by atoms with van der Waals surface area (Å²) in [5.74, 6) is -0.831. The molecule has 0 aliphatic carbocycles. The van der Waals surface area contributed by atoms with E-state index in [-0.39, 0.29) is 11.6 Å². The molecule has 2 N–H and O–H groups in total. The average molecular weight is 267 g/mol. The molecule has 0 radical (unpaired) electrons. The van der Waals surface area contributed by atoms with E-state index >= 15 is 0 Å². The van der Waals surface area contributed by atoms with E-state index < -0.39 is 18.6 Å². The highest BCUT2D eigenvalue weighted by atomic mass is 16.5. The van der Waals surface area contributed by atoms with Gasteiger partial charge in [0.25, 0.3) is 5.91 Å². The molecule has 0 aliphatic rings. The number of hydrogen-bond acceptors (Lipinski definition) is 6. The molecule has 104 valence electrons. The first kappa shape index (κ1) is 14.9. The lowest BCUT2D eigenvalue weighted by Gasteiger charge is -2.16. The predicted octanol–water partition coefficient (Wildman–Crippen LogP) is -0.271. The van der Waals surface area contributed by atoms with Crippen molar-refractivity contribution in [2.24, 2.45) is 0 Å². The van der Waals surface area contributed by atoms with E-state index in [1.54, 1.807) is 20.2 Å². The molecular weight excluding hydrogens is 250 g/mol. The lowest BCUT2D eigenvalue weighted by Crippen LogP contribution is -2.34. The zero-order valence-corrected chi connectivity index (χ0v) is 11.1. The molecule has 0 aromatic carbocycles. The SMILES string of the molecule is COC(=O)C(CO)Nc1ccnc(C(=O)N(C)C)c1. The van der Waals surface area contributed by atoms with Crippen LogP contribution in [0.15, 0.2) is 18.3 Å². The summed E-state index contributed by atoms with van der Waals surface area (Å²) in [6.45, 7) is -0.411. The fourth-order valence-corrected chi connectivity index (χ4v) is 1.39. The monoisotopic (exact) mass is 267 g/mol. The minimum Gasteiger partial charge on any atom is -0.467 e. The Morgan fingerprint density at radius 2 is 2.21 bits per heavy atom. The molecular formula is C12H17N3O4. The molecule has 7 nitrogen and oxygen atoms in total. The van der Waals surface area contributed by atoms with Gasteiger partial charge in [-0.3, -0.25) is 9.78 Å². The molecule has 0 saturated carbocycles. The van der Waals surface area contributed by atoms with Crippen LogP contribution in [0, 0.1) is 0 Å². The van der Waals surface area contributed by atoms with Gasteiger partial charge in [-0.05, 0) is 12.1 Å². The van der Waals surface area contributed by atoms with Gasteiger partial charge in [0.15, 0.2) is 0 Å². The molecule has 1 atom stereocenters. The number of pyridine rings is 1. The van der Waals surface area contributed by atoms with E-state index in [1.165, 1.54) is 24.3 Å². The summed E-state index contributed by atoms with van der Waals surface area (Å²) in [6, 6.07) is 2.22. The maximum Gasteiger partial charge on any atom is 0.330 e. The fourth-order valence-electron chi connectivity index (χ4n) is 1.39.